The van der Waals surface area contributed by atoms with Crippen LogP contribution >= 0.6 is 23.1 Å². The predicted molar refractivity (Wildman–Crippen MR) is 94.2 cm³/mol. The summed E-state index contributed by atoms with van der Waals surface area (Å²) in [6, 6.07) is 10.6. The van der Waals surface area contributed by atoms with Crippen molar-refractivity contribution in [1.82, 2.24) is 10.3 Å². The van der Waals surface area contributed by atoms with Gasteiger partial charge in [-0.05, 0) is 31.6 Å². The van der Waals surface area contributed by atoms with E-state index in [1.165, 1.54) is 39.7 Å². The molecule has 3 rings (SSSR count). The zero-order chi connectivity index (χ0) is 14.5. The van der Waals surface area contributed by atoms with Crippen molar-refractivity contribution in [3.63, 3.8) is 0 Å². The summed E-state index contributed by atoms with van der Waals surface area (Å²) in [7, 11) is 0. The topological polar surface area (TPSA) is 24.9 Å². The number of aromatic nitrogens is 1. The lowest BCUT2D eigenvalue weighted by Crippen LogP contribution is -2.15. The number of hydrogen-bond donors (Lipinski definition) is 1. The standard InChI is InChI=1S/C17H22N2S2/c1-2-18-11-10-14-16(13-7-4-3-5-8-13)19-17(21-14)15-9-6-12-20-15/h3-5,7-8,15,18H,2,6,9-12H2,1H3. The van der Waals surface area contributed by atoms with E-state index in [0.29, 0.717) is 5.25 Å². The molecule has 0 bridgehead atoms. The molecule has 2 nitrogen and oxygen atoms in total. The molecule has 1 aromatic heterocycles. The van der Waals surface area contributed by atoms with Crippen LogP contribution in [0.5, 0.6) is 0 Å². The minimum Gasteiger partial charge on any atom is -0.317 e. The van der Waals surface area contributed by atoms with Crippen molar-refractivity contribution in [2.75, 3.05) is 18.8 Å². The second-order valence-electron chi connectivity index (χ2n) is 5.30. The van der Waals surface area contributed by atoms with E-state index in [9.17, 15) is 0 Å². The third kappa shape index (κ3) is 3.68. The maximum atomic E-state index is 5.01. The molecule has 0 radical (unpaired) electrons. The zero-order valence-corrected chi connectivity index (χ0v) is 14.1. The van der Waals surface area contributed by atoms with Gasteiger partial charge in [0, 0.05) is 17.0 Å². The molecular weight excluding hydrogens is 296 g/mol. The van der Waals surface area contributed by atoms with Crippen molar-refractivity contribution in [1.29, 1.82) is 0 Å². The Hall–Kier alpha value is -0.840. The third-order valence-corrected chi connectivity index (χ3v) is 6.51. The van der Waals surface area contributed by atoms with Gasteiger partial charge in [-0.2, -0.15) is 11.8 Å². The van der Waals surface area contributed by atoms with Gasteiger partial charge in [-0.25, -0.2) is 4.98 Å². The lowest BCUT2D eigenvalue weighted by atomic mass is 10.1. The second-order valence-corrected chi connectivity index (χ2v) is 7.72. The average Bonchev–Trinajstić information content (AvgIpc) is 3.18. The van der Waals surface area contributed by atoms with Crippen LogP contribution in [0.3, 0.4) is 0 Å². The van der Waals surface area contributed by atoms with Gasteiger partial charge in [-0.3, -0.25) is 0 Å². The minimum absolute atomic E-state index is 0.630. The van der Waals surface area contributed by atoms with Crippen LogP contribution in [0.25, 0.3) is 11.3 Å². The number of thiazole rings is 1. The number of hydrogen-bond acceptors (Lipinski definition) is 4. The molecule has 0 aliphatic carbocycles. The Morgan fingerprint density at radius 3 is 2.86 bits per heavy atom. The summed E-state index contributed by atoms with van der Waals surface area (Å²) in [5.74, 6) is 1.29. The van der Waals surface area contributed by atoms with Crippen molar-refractivity contribution in [2.45, 2.75) is 31.4 Å². The fraction of sp³-hybridized carbons (Fsp3) is 0.471. The van der Waals surface area contributed by atoms with Crippen LogP contribution in [-0.2, 0) is 6.42 Å². The van der Waals surface area contributed by atoms with E-state index < -0.39 is 0 Å². The van der Waals surface area contributed by atoms with Crippen molar-refractivity contribution < 1.29 is 0 Å². The van der Waals surface area contributed by atoms with E-state index in [4.69, 9.17) is 4.98 Å². The molecule has 1 fully saturated rings. The van der Waals surface area contributed by atoms with Gasteiger partial charge in [0.25, 0.3) is 0 Å². The first-order valence-electron chi connectivity index (χ1n) is 7.76. The minimum atomic E-state index is 0.630. The van der Waals surface area contributed by atoms with Crippen LogP contribution in [0.4, 0.5) is 0 Å². The first-order valence-corrected chi connectivity index (χ1v) is 9.62. The molecule has 1 unspecified atom stereocenters. The molecular formula is C17H22N2S2. The van der Waals surface area contributed by atoms with Crippen molar-refractivity contribution in [3.05, 3.63) is 40.2 Å². The van der Waals surface area contributed by atoms with E-state index in [-0.39, 0.29) is 0 Å². The Balaban J connectivity index is 1.87. The molecule has 2 heterocycles. The molecule has 1 atom stereocenters. The summed E-state index contributed by atoms with van der Waals surface area (Å²) in [4.78, 5) is 6.45. The van der Waals surface area contributed by atoms with Crippen LogP contribution in [-0.4, -0.2) is 23.8 Å². The molecule has 0 spiro atoms. The molecule has 1 aliphatic heterocycles. The molecule has 0 saturated carbocycles. The summed E-state index contributed by atoms with van der Waals surface area (Å²) in [6.45, 7) is 4.23. The fourth-order valence-corrected chi connectivity index (χ4v) is 5.25. The van der Waals surface area contributed by atoms with Gasteiger partial charge in [-0.15, -0.1) is 11.3 Å². The van der Waals surface area contributed by atoms with Crippen molar-refractivity contribution >= 4 is 23.1 Å². The lowest BCUT2D eigenvalue weighted by Gasteiger charge is -2.03. The Bertz CT molecular complexity index is 559. The Kier molecular flexibility index (Phi) is 5.33. The highest BCUT2D eigenvalue weighted by Crippen LogP contribution is 2.43. The van der Waals surface area contributed by atoms with Crippen LogP contribution in [0, 0.1) is 0 Å². The monoisotopic (exact) mass is 318 g/mol. The SMILES string of the molecule is CCNCCc1sc(C2CCCS2)nc1-c1ccccc1. The smallest absolute Gasteiger partial charge is 0.107 e. The zero-order valence-electron chi connectivity index (χ0n) is 12.5. The number of nitrogens with one attached hydrogen (secondary N) is 1. The van der Waals surface area contributed by atoms with Gasteiger partial charge >= 0.3 is 0 Å². The summed E-state index contributed by atoms with van der Waals surface area (Å²) < 4.78 is 0. The fourth-order valence-electron chi connectivity index (χ4n) is 2.65. The van der Waals surface area contributed by atoms with Gasteiger partial charge in [0.1, 0.15) is 5.01 Å². The van der Waals surface area contributed by atoms with E-state index in [1.807, 2.05) is 11.3 Å². The molecule has 1 aliphatic rings. The summed E-state index contributed by atoms with van der Waals surface area (Å²) >= 11 is 4.00. The maximum absolute atomic E-state index is 5.01. The summed E-state index contributed by atoms with van der Waals surface area (Å²) in [6.07, 6.45) is 3.70. The van der Waals surface area contributed by atoms with Crippen LogP contribution in [0.2, 0.25) is 0 Å². The first-order chi connectivity index (χ1) is 10.4. The van der Waals surface area contributed by atoms with Gasteiger partial charge in [0.15, 0.2) is 0 Å². The highest BCUT2D eigenvalue weighted by molar-refractivity contribution is 7.99. The molecule has 2 aromatic rings. The number of nitrogens with zero attached hydrogens (tertiary/aromatic N) is 1. The Morgan fingerprint density at radius 2 is 2.14 bits per heavy atom. The summed E-state index contributed by atoms with van der Waals surface area (Å²) in [5.41, 5.74) is 2.47. The first kappa shape index (κ1) is 15.1. The van der Waals surface area contributed by atoms with Crippen molar-refractivity contribution in [3.8, 4) is 11.3 Å². The number of likely N-dealkylation sites (N-methyl/N-ethyl adjacent to an activating group) is 1. The second kappa shape index (κ2) is 7.43. The van der Waals surface area contributed by atoms with E-state index in [0.717, 1.165) is 19.5 Å². The molecule has 112 valence electrons. The quantitative estimate of drug-likeness (QED) is 0.792. The largest absolute Gasteiger partial charge is 0.317 e. The van der Waals surface area contributed by atoms with E-state index >= 15 is 0 Å². The highest BCUT2D eigenvalue weighted by atomic mass is 32.2. The maximum Gasteiger partial charge on any atom is 0.107 e. The van der Waals surface area contributed by atoms with Gasteiger partial charge in [0.05, 0.1) is 10.9 Å². The molecule has 0 amide bonds. The van der Waals surface area contributed by atoms with Crippen LogP contribution in [0.1, 0.15) is 34.9 Å². The Morgan fingerprint density at radius 1 is 1.29 bits per heavy atom. The average molecular weight is 319 g/mol. The van der Waals surface area contributed by atoms with Crippen molar-refractivity contribution in [2.24, 2.45) is 0 Å². The third-order valence-electron chi connectivity index (χ3n) is 3.75. The molecule has 1 aromatic carbocycles. The predicted octanol–water partition coefficient (Wildman–Crippen LogP) is 4.53. The molecule has 1 N–H and O–H groups in total. The molecule has 21 heavy (non-hydrogen) atoms. The van der Waals surface area contributed by atoms with Gasteiger partial charge in [-0.1, -0.05) is 37.3 Å². The number of benzene rings is 1. The summed E-state index contributed by atoms with van der Waals surface area (Å²) in [5, 5.41) is 5.39. The van der Waals surface area contributed by atoms with Gasteiger partial charge < -0.3 is 5.32 Å². The lowest BCUT2D eigenvalue weighted by molar-refractivity contribution is 0.721. The normalized spacial score (nSPS) is 18.2. The number of thioether (sulfide) groups is 1. The van der Waals surface area contributed by atoms with E-state index in [1.54, 1.807) is 0 Å². The number of rotatable bonds is 6. The molecule has 4 heteroatoms. The van der Waals surface area contributed by atoms with Crippen LogP contribution < -0.4 is 5.32 Å². The van der Waals surface area contributed by atoms with Crippen LogP contribution in [0.15, 0.2) is 30.3 Å². The molecule has 1 saturated heterocycles. The van der Waals surface area contributed by atoms with Gasteiger partial charge in [0.2, 0.25) is 0 Å². The highest BCUT2D eigenvalue weighted by Gasteiger charge is 2.23. The van der Waals surface area contributed by atoms with E-state index in [2.05, 4.69) is 54.3 Å². The Labute approximate surface area is 135 Å².